The number of aromatic carboxylic acids is 1. The molecule has 1 amide bonds. The third-order valence-electron chi connectivity index (χ3n) is 4.69. The number of amides is 1. The molecule has 0 aliphatic heterocycles. The molecule has 7 nitrogen and oxygen atoms in total. The molecular formula is C22H19ClIN3O4. The molecule has 0 saturated heterocycles. The maximum atomic E-state index is 12.4. The number of carboxylic acids is 1. The van der Waals surface area contributed by atoms with E-state index in [-0.39, 0.29) is 11.5 Å². The zero-order chi connectivity index (χ0) is 22.7. The highest BCUT2D eigenvalue weighted by Crippen LogP contribution is 2.27. The Hall–Kier alpha value is -2.85. The predicted octanol–water partition coefficient (Wildman–Crippen LogP) is 4.82. The second-order valence-corrected chi connectivity index (χ2v) is 8.25. The maximum absolute atomic E-state index is 12.4. The van der Waals surface area contributed by atoms with E-state index in [1.54, 1.807) is 31.4 Å². The molecular weight excluding hydrogens is 533 g/mol. The summed E-state index contributed by atoms with van der Waals surface area (Å²) < 4.78 is 7.99. The number of carbonyl (C=O) groups is 2. The third-order valence-corrected chi connectivity index (χ3v) is 5.90. The second-order valence-electron chi connectivity index (χ2n) is 6.68. The van der Waals surface area contributed by atoms with Crippen LogP contribution in [0.1, 0.15) is 37.7 Å². The van der Waals surface area contributed by atoms with Gasteiger partial charge in [0, 0.05) is 22.5 Å². The van der Waals surface area contributed by atoms with Gasteiger partial charge in [0.1, 0.15) is 5.75 Å². The van der Waals surface area contributed by atoms with Crippen LogP contribution < -0.4 is 10.2 Å². The van der Waals surface area contributed by atoms with Crippen LogP contribution in [0.3, 0.4) is 0 Å². The Bertz CT molecular complexity index is 1200. The number of benzene rings is 2. The number of halogens is 2. The summed E-state index contributed by atoms with van der Waals surface area (Å²) in [5.41, 5.74) is 6.04. The Morgan fingerprint density at radius 3 is 2.55 bits per heavy atom. The number of methoxy groups -OCH3 is 1. The molecule has 3 aromatic rings. The van der Waals surface area contributed by atoms with Crippen LogP contribution in [-0.2, 0) is 0 Å². The van der Waals surface area contributed by atoms with Crippen molar-refractivity contribution in [1.29, 1.82) is 0 Å². The molecule has 0 spiro atoms. The van der Waals surface area contributed by atoms with Crippen LogP contribution in [0, 0.1) is 17.4 Å². The Morgan fingerprint density at radius 2 is 1.87 bits per heavy atom. The normalized spacial score (nSPS) is 11.0. The fourth-order valence-corrected chi connectivity index (χ4v) is 3.89. The number of carboxylic acid groups (broad SMARTS) is 1. The standard InChI is InChI=1S/C22H19ClIN3O4/c1-12-8-16(11-25-26-21(28)14-5-7-18(24)20(10-14)31-3)13(2)27(12)19-9-15(22(29)30)4-6-17(19)23/h4-11H,1-3H3,(H,26,28)(H,29,30)/b25-11-. The number of aromatic nitrogens is 1. The van der Waals surface area contributed by atoms with Gasteiger partial charge in [0.15, 0.2) is 0 Å². The molecule has 3 rings (SSSR count). The van der Waals surface area contributed by atoms with E-state index in [4.69, 9.17) is 16.3 Å². The van der Waals surface area contributed by atoms with Gasteiger partial charge in [-0.2, -0.15) is 5.10 Å². The largest absolute Gasteiger partial charge is 0.496 e. The van der Waals surface area contributed by atoms with Gasteiger partial charge in [-0.1, -0.05) is 11.6 Å². The highest BCUT2D eigenvalue weighted by atomic mass is 127. The lowest BCUT2D eigenvalue weighted by Crippen LogP contribution is -2.17. The van der Waals surface area contributed by atoms with E-state index in [2.05, 4.69) is 33.1 Å². The number of carbonyl (C=O) groups excluding carboxylic acids is 1. The molecule has 0 aliphatic carbocycles. The molecule has 0 unspecified atom stereocenters. The Labute approximate surface area is 197 Å². The lowest BCUT2D eigenvalue weighted by Gasteiger charge is -2.12. The number of hydrazone groups is 1. The zero-order valence-electron chi connectivity index (χ0n) is 16.9. The van der Waals surface area contributed by atoms with Crippen LogP contribution in [0.25, 0.3) is 5.69 Å². The van der Waals surface area contributed by atoms with Gasteiger partial charge in [-0.15, -0.1) is 0 Å². The van der Waals surface area contributed by atoms with Crippen molar-refractivity contribution in [3.05, 3.63) is 79.1 Å². The van der Waals surface area contributed by atoms with Crippen LogP contribution in [0.4, 0.5) is 0 Å². The number of hydrogen-bond donors (Lipinski definition) is 2. The monoisotopic (exact) mass is 551 g/mol. The number of ether oxygens (including phenoxy) is 1. The summed E-state index contributed by atoms with van der Waals surface area (Å²) in [6, 6.07) is 11.6. The fourth-order valence-electron chi connectivity index (χ4n) is 3.13. The molecule has 0 bridgehead atoms. The van der Waals surface area contributed by atoms with E-state index in [0.717, 1.165) is 20.5 Å². The summed E-state index contributed by atoms with van der Waals surface area (Å²) in [4.78, 5) is 23.7. The molecule has 0 saturated carbocycles. The fraction of sp³-hybridized carbons (Fsp3) is 0.136. The van der Waals surface area contributed by atoms with E-state index in [0.29, 0.717) is 22.0 Å². The van der Waals surface area contributed by atoms with Crippen molar-refractivity contribution in [3.8, 4) is 11.4 Å². The first-order valence-corrected chi connectivity index (χ1v) is 10.6. The zero-order valence-corrected chi connectivity index (χ0v) is 19.9. The molecule has 1 heterocycles. The minimum absolute atomic E-state index is 0.141. The number of hydrogen-bond acceptors (Lipinski definition) is 4. The number of aryl methyl sites for hydroxylation is 1. The Morgan fingerprint density at radius 1 is 1.16 bits per heavy atom. The summed E-state index contributed by atoms with van der Waals surface area (Å²) in [5, 5.41) is 13.8. The van der Waals surface area contributed by atoms with Gasteiger partial charge in [-0.3, -0.25) is 4.79 Å². The summed E-state index contributed by atoms with van der Waals surface area (Å²) in [7, 11) is 1.55. The highest BCUT2D eigenvalue weighted by molar-refractivity contribution is 14.1. The molecule has 0 atom stereocenters. The van der Waals surface area contributed by atoms with Crippen LogP contribution in [-0.4, -0.2) is 34.9 Å². The van der Waals surface area contributed by atoms with Crippen LogP contribution in [0.15, 0.2) is 47.6 Å². The van der Waals surface area contributed by atoms with Crippen molar-refractivity contribution in [3.63, 3.8) is 0 Å². The first-order chi connectivity index (χ1) is 14.7. The van der Waals surface area contributed by atoms with E-state index in [1.807, 2.05) is 24.5 Å². The summed E-state index contributed by atoms with van der Waals surface area (Å²) >= 11 is 8.45. The SMILES string of the molecule is COc1cc(C(=O)N/N=C\c2cc(C)n(-c3cc(C(=O)O)ccc3Cl)c2C)ccc1I. The van der Waals surface area contributed by atoms with Gasteiger partial charge in [0.25, 0.3) is 5.91 Å². The molecule has 160 valence electrons. The average molecular weight is 552 g/mol. The van der Waals surface area contributed by atoms with Gasteiger partial charge < -0.3 is 14.4 Å². The van der Waals surface area contributed by atoms with Gasteiger partial charge in [-0.25, -0.2) is 10.2 Å². The minimum atomic E-state index is -1.03. The lowest BCUT2D eigenvalue weighted by molar-refractivity contribution is 0.0696. The molecule has 2 N–H and O–H groups in total. The molecule has 31 heavy (non-hydrogen) atoms. The van der Waals surface area contributed by atoms with Gasteiger partial charge in [-0.05, 0) is 78.9 Å². The number of rotatable bonds is 6. The first-order valence-electron chi connectivity index (χ1n) is 9.12. The van der Waals surface area contributed by atoms with Crippen LogP contribution >= 0.6 is 34.2 Å². The van der Waals surface area contributed by atoms with Crippen molar-refractivity contribution >= 4 is 52.3 Å². The van der Waals surface area contributed by atoms with Crippen molar-refractivity contribution in [1.82, 2.24) is 9.99 Å². The van der Waals surface area contributed by atoms with Crippen molar-refractivity contribution in [2.75, 3.05) is 7.11 Å². The molecule has 0 fully saturated rings. The summed E-state index contributed by atoms with van der Waals surface area (Å²) in [5.74, 6) is -0.782. The Kier molecular flexibility index (Phi) is 7.01. The van der Waals surface area contributed by atoms with Crippen LogP contribution in [0.2, 0.25) is 5.02 Å². The Balaban J connectivity index is 1.85. The predicted molar refractivity (Wildman–Crippen MR) is 128 cm³/mol. The van der Waals surface area contributed by atoms with Gasteiger partial charge in [0.2, 0.25) is 0 Å². The van der Waals surface area contributed by atoms with Gasteiger partial charge >= 0.3 is 5.97 Å². The van der Waals surface area contributed by atoms with E-state index < -0.39 is 5.97 Å². The number of nitrogens with zero attached hydrogens (tertiary/aromatic N) is 2. The third kappa shape index (κ3) is 4.91. The van der Waals surface area contributed by atoms with Gasteiger partial charge in [0.05, 0.1) is 33.2 Å². The van der Waals surface area contributed by atoms with Crippen molar-refractivity contribution in [2.24, 2.45) is 5.10 Å². The maximum Gasteiger partial charge on any atom is 0.335 e. The van der Waals surface area contributed by atoms with E-state index in [1.165, 1.54) is 18.3 Å². The molecule has 0 radical (unpaired) electrons. The topological polar surface area (TPSA) is 92.9 Å². The first kappa shape index (κ1) is 22.8. The lowest BCUT2D eigenvalue weighted by atomic mass is 10.2. The molecule has 9 heteroatoms. The van der Waals surface area contributed by atoms with Crippen molar-refractivity contribution < 1.29 is 19.4 Å². The van der Waals surface area contributed by atoms with E-state index >= 15 is 0 Å². The average Bonchev–Trinajstić information content (AvgIpc) is 3.01. The minimum Gasteiger partial charge on any atom is -0.496 e. The quantitative estimate of drug-likeness (QED) is 0.261. The highest BCUT2D eigenvalue weighted by Gasteiger charge is 2.15. The van der Waals surface area contributed by atoms with Crippen molar-refractivity contribution in [2.45, 2.75) is 13.8 Å². The molecule has 1 aromatic heterocycles. The number of nitrogens with one attached hydrogen (secondary N) is 1. The molecule has 0 aliphatic rings. The van der Waals surface area contributed by atoms with Crippen LogP contribution in [0.5, 0.6) is 5.75 Å². The summed E-state index contributed by atoms with van der Waals surface area (Å²) in [6.45, 7) is 3.74. The second kappa shape index (κ2) is 9.52. The molecule has 2 aromatic carbocycles. The van der Waals surface area contributed by atoms with E-state index in [9.17, 15) is 14.7 Å². The smallest absolute Gasteiger partial charge is 0.335 e. The summed E-state index contributed by atoms with van der Waals surface area (Å²) in [6.07, 6.45) is 1.54.